The number of amides is 1. The smallest absolute Gasteiger partial charge is 0.255 e. The molecule has 5 nitrogen and oxygen atoms in total. The van der Waals surface area contributed by atoms with Gasteiger partial charge < -0.3 is 20.0 Å². The van der Waals surface area contributed by atoms with Crippen molar-refractivity contribution in [1.82, 2.24) is 0 Å². The second-order valence-electron chi connectivity index (χ2n) is 5.72. The van der Waals surface area contributed by atoms with Gasteiger partial charge in [0.1, 0.15) is 11.9 Å². The Balaban J connectivity index is 2.15. The summed E-state index contributed by atoms with van der Waals surface area (Å²) in [5.41, 5.74) is 3.52. The minimum Gasteiger partial charge on any atom is -0.546 e. The molecule has 0 spiro atoms. The molecule has 0 heterocycles. The fraction of sp³-hybridized carbons (Fsp3) is 0.300. The van der Waals surface area contributed by atoms with E-state index in [1.165, 1.54) is 6.92 Å². The molecule has 25 heavy (non-hydrogen) atoms. The van der Waals surface area contributed by atoms with Gasteiger partial charge in [-0.05, 0) is 55.2 Å². The summed E-state index contributed by atoms with van der Waals surface area (Å²) in [5, 5.41) is 13.7. The molecule has 0 bridgehead atoms. The van der Waals surface area contributed by atoms with E-state index in [-0.39, 0.29) is 5.91 Å². The van der Waals surface area contributed by atoms with Gasteiger partial charge in [0.25, 0.3) is 5.91 Å². The third-order valence-corrected chi connectivity index (χ3v) is 4.00. The predicted molar refractivity (Wildman–Crippen MR) is 94.7 cm³/mol. The first-order valence-electron chi connectivity index (χ1n) is 8.35. The van der Waals surface area contributed by atoms with Crippen LogP contribution in [-0.4, -0.2) is 18.0 Å². The summed E-state index contributed by atoms with van der Waals surface area (Å²) in [6.07, 6.45) is 0.609. The lowest BCUT2D eigenvalue weighted by molar-refractivity contribution is -0.312. The molecular formula is C20H22NO4-. The highest BCUT2D eigenvalue weighted by atomic mass is 16.5. The molecule has 0 saturated carbocycles. The number of ether oxygens (including phenoxy) is 1. The summed E-state index contributed by atoms with van der Waals surface area (Å²) in [7, 11) is 0. The number of aryl methyl sites for hydroxylation is 2. The molecule has 0 aliphatic rings. The SMILES string of the molecule is CCc1cccc(CC)c1NC(=O)c1ccc(O[C@H](C)C(=O)[O-])cc1. The quantitative estimate of drug-likeness (QED) is 0.840. The lowest BCUT2D eigenvalue weighted by atomic mass is 10.0. The van der Waals surface area contributed by atoms with Crippen molar-refractivity contribution >= 4 is 17.6 Å². The first kappa shape index (κ1) is 18.5. The van der Waals surface area contributed by atoms with Crippen molar-refractivity contribution in [3.05, 3.63) is 59.2 Å². The molecule has 1 amide bonds. The zero-order valence-corrected chi connectivity index (χ0v) is 14.7. The van der Waals surface area contributed by atoms with E-state index in [9.17, 15) is 14.7 Å². The Labute approximate surface area is 147 Å². The Bertz CT molecular complexity index is 731. The number of nitrogens with one attached hydrogen (secondary N) is 1. The normalized spacial score (nSPS) is 11.6. The third kappa shape index (κ3) is 4.59. The first-order valence-corrected chi connectivity index (χ1v) is 8.35. The predicted octanol–water partition coefficient (Wildman–Crippen LogP) is 2.58. The molecule has 1 N–H and O–H groups in total. The van der Waals surface area contributed by atoms with Crippen molar-refractivity contribution in [2.75, 3.05) is 5.32 Å². The molecule has 1 atom stereocenters. The Morgan fingerprint density at radius 1 is 1.04 bits per heavy atom. The van der Waals surface area contributed by atoms with E-state index in [1.54, 1.807) is 24.3 Å². The van der Waals surface area contributed by atoms with Gasteiger partial charge in [0, 0.05) is 11.3 Å². The van der Waals surface area contributed by atoms with Gasteiger partial charge in [-0.2, -0.15) is 0 Å². The van der Waals surface area contributed by atoms with Crippen molar-refractivity contribution in [2.24, 2.45) is 0 Å². The van der Waals surface area contributed by atoms with Gasteiger partial charge in [-0.1, -0.05) is 32.0 Å². The third-order valence-electron chi connectivity index (χ3n) is 4.00. The summed E-state index contributed by atoms with van der Waals surface area (Å²) in [5.74, 6) is -1.13. The second kappa shape index (κ2) is 8.33. The van der Waals surface area contributed by atoms with Crippen LogP contribution in [0.1, 0.15) is 42.3 Å². The van der Waals surface area contributed by atoms with E-state index in [1.807, 2.05) is 18.2 Å². The fourth-order valence-corrected chi connectivity index (χ4v) is 2.53. The minimum absolute atomic E-state index is 0.213. The van der Waals surface area contributed by atoms with Crippen LogP contribution in [0.3, 0.4) is 0 Å². The number of carbonyl (C=O) groups is 2. The van der Waals surface area contributed by atoms with E-state index in [0.717, 1.165) is 29.7 Å². The summed E-state index contributed by atoms with van der Waals surface area (Å²) in [6, 6.07) is 12.4. The Morgan fingerprint density at radius 2 is 1.60 bits per heavy atom. The highest BCUT2D eigenvalue weighted by molar-refractivity contribution is 6.05. The van der Waals surface area contributed by atoms with E-state index in [0.29, 0.717) is 11.3 Å². The number of hydrogen-bond donors (Lipinski definition) is 1. The topological polar surface area (TPSA) is 78.5 Å². The second-order valence-corrected chi connectivity index (χ2v) is 5.72. The van der Waals surface area contributed by atoms with Gasteiger partial charge in [0.05, 0.1) is 5.97 Å². The lowest BCUT2D eigenvalue weighted by Gasteiger charge is -2.16. The number of anilines is 1. The molecule has 0 aliphatic heterocycles. The number of para-hydroxylation sites is 1. The van der Waals surface area contributed by atoms with Gasteiger partial charge in [-0.25, -0.2) is 0 Å². The van der Waals surface area contributed by atoms with Crippen LogP contribution in [-0.2, 0) is 17.6 Å². The van der Waals surface area contributed by atoms with Crippen molar-refractivity contribution < 1.29 is 19.4 Å². The van der Waals surface area contributed by atoms with Gasteiger partial charge in [-0.15, -0.1) is 0 Å². The molecule has 0 fully saturated rings. The van der Waals surface area contributed by atoms with E-state index in [2.05, 4.69) is 19.2 Å². The average Bonchev–Trinajstić information content (AvgIpc) is 2.62. The zero-order chi connectivity index (χ0) is 18.4. The van der Waals surface area contributed by atoms with Crippen molar-refractivity contribution in [1.29, 1.82) is 0 Å². The molecule has 0 aliphatic carbocycles. The number of aliphatic carboxylic acids is 1. The molecule has 0 saturated heterocycles. The maximum Gasteiger partial charge on any atom is 0.255 e. The molecule has 132 valence electrons. The molecule has 2 aromatic carbocycles. The van der Waals surface area contributed by atoms with Gasteiger partial charge in [0.2, 0.25) is 0 Å². The summed E-state index contributed by atoms with van der Waals surface area (Å²) < 4.78 is 5.21. The van der Waals surface area contributed by atoms with E-state index < -0.39 is 12.1 Å². The monoisotopic (exact) mass is 340 g/mol. The van der Waals surface area contributed by atoms with Crippen LogP contribution >= 0.6 is 0 Å². The summed E-state index contributed by atoms with van der Waals surface area (Å²) in [6.45, 7) is 5.49. The van der Waals surface area contributed by atoms with Crippen LogP contribution in [0.4, 0.5) is 5.69 Å². The number of rotatable bonds is 7. The fourth-order valence-electron chi connectivity index (χ4n) is 2.53. The molecule has 0 unspecified atom stereocenters. The van der Waals surface area contributed by atoms with Gasteiger partial charge in [0.15, 0.2) is 0 Å². The molecule has 2 rings (SSSR count). The first-order chi connectivity index (χ1) is 12.0. The van der Waals surface area contributed by atoms with Crippen molar-refractivity contribution in [3.8, 4) is 5.75 Å². The maximum absolute atomic E-state index is 12.5. The number of carboxylic acids is 1. The number of benzene rings is 2. The minimum atomic E-state index is -1.29. The average molecular weight is 340 g/mol. The summed E-state index contributed by atoms with van der Waals surface area (Å²) >= 11 is 0. The highest BCUT2D eigenvalue weighted by Gasteiger charge is 2.12. The van der Waals surface area contributed by atoms with Crippen LogP contribution in [0, 0.1) is 0 Å². The molecule has 0 radical (unpaired) electrons. The molecule has 5 heteroatoms. The van der Waals surface area contributed by atoms with Crippen LogP contribution in [0.5, 0.6) is 5.75 Å². The zero-order valence-electron chi connectivity index (χ0n) is 14.7. The Morgan fingerprint density at radius 3 is 2.08 bits per heavy atom. The van der Waals surface area contributed by atoms with Crippen molar-refractivity contribution in [2.45, 2.75) is 39.7 Å². The molecule has 2 aromatic rings. The molecular weight excluding hydrogens is 318 g/mol. The van der Waals surface area contributed by atoms with Crippen LogP contribution in [0.25, 0.3) is 0 Å². The van der Waals surface area contributed by atoms with Gasteiger partial charge in [-0.3, -0.25) is 4.79 Å². The van der Waals surface area contributed by atoms with Crippen LogP contribution in [0.2, 0.25) is 0 Å². The highest BCUT2D eigenvalue weighted by Crippen LogP contribution is 2.23. The largest absolute Gasteiger partial charge is 0.546 e. The van der Waals surface area contributed by atoms with E-state index in [4.69, 9.17) is 4.74 Å². The molecule has 0 aromatic heterocycles. The van der Waals surface area contributed by atoms with E-state index >= 15 is 0 Å². The van der Waals surface area contributed by atoms with Crippen molar-refractivity contribution in [3.63, 3.8) is 0 Å². The van der Waals surface area contributed by atoms with Gasteiger partial charge >= 0.3 is 0 Å². The standard InChI is InChI=1S/C20H23NO4/c1-4-14-7-6-8-15(5-2)18(14)21-19(22)16-9-11-17(12-10-16)25-13(3)20(23)24/h6-13H,4-5H2,1-3H3,(H,21,22)(H,23,24)/p-1/t13-/m1/s1. The number of carboxylic acid groups (broad SMARTS) is 1. The Kier molecular flexibility index (Phi) is 6.17. The maximum atomic E-state index is 12.5. The Hall–Kier alpha value is -2.82. The lowest BCUT2D eigenvalue weighted by Crippen LogP contribution is -2.37. The number of carbonyl (C=O) groups excluding carboxylic acids is 2. The summed E-state index contributed by atoms with van der Waals surface area (Å²) in [4.78, 5) is 23.2. The number of hydrogen-bond acceptors (Lipinski definition) is 4. The van der Waals surface area contributed by atoms with Crippen LogP contribution < -0.4 is 15.2 Å². The van der Waals surface area contributed by atoms with Crippen LogP contribution in [0.15, 0.2) is 42.5 Å².